The number of aromatic carboxylic acids is 1. The van der Waals surface area contributed by atoms with Crippen LogP contribution in [0.15, 0.2) is 29.5 Å². The highest BCUT2D eigenvalue weighted by Gasteiger charge is 2.42. The summed E-state index contributed by atoms with van der Waals surface area (Å²) in [5.74, 6) is -0.285. The molecule has 1 saturated heterocycles. The molecule has 3 aromatic heterocycles. The number of carboxylic acid groups (broad SMARTS) is 1. The van der Waals surface area contributed by atoms with Gasteiger partial charge in [0.1, 0.15) is 17.7 Å². The summed E-state index contributed by atoms with van der Waals surface area (Å²) in [5, 5.41) is 9.97. The van der Waals surface area contributed by atoms with Crippen molar-refractivity contribution in [2.75, 3.05) is 11.4 Å². The first-order valence-corrected chi connectivity index (χ1v) is 9.69. The maximum atomic E-state index is 12.6. The summed E-state index contributed by atoms with van der Waals surface area (Å²) in [6, 6.07) is 3.07. The van der Waals surface area contributed by atoms with E-state index in [1.165, 1.54) is 17.1 Å². The summed E-state index contributed by atoms with van der Waals surface area (Å²) in [7, 11) is 0. The fourth-order valence-corrected chi connectivity index (χ4v) is 4.03. The SMILES string of the molecule is O=C(O)c1cn(-c2ncns2)c2nc(N3CCC3C(=O)C3CC3)ccc2c1=O. The number of ketones is 1. The van der Waals surface area contributed by atoms with E-state index in [0.29, 0.717) is 16.6 Å². The molecule has 1 unspecified atom stereocenters. The van der Waals surface area contributed by atoms with Gasteiger partial charge in [-0.1, -0.05) is 0 Å². The van der Waals surface area contributed by atoms with Crippen molar-refractivity contribution in [3.63, 3.8) is 0 Å². The number of carboxylic acids is 1. The molecule has 2 aliphatic rings. The third kappa shape index (κ3) is 2.60. The number of fused-ring (bicyclic) bond motifs is 1. The molecule has 9 nitrogen and oxygen atoms in total. The molecule has 142 valence electrons. The largest absolute Gasteiger partial charge is 0.477 e. The third-order valence-corrected chi connectivity index (χ3v) is 5.91. The van der Waals surface area contributed by atoms with Crippen LogP contribution < -0.4 is 10.3 Å². The van der Waals surface area contributed by atoms with Crippen LogP contribution in [0.1, 0.15) is 29.6 Å². The first-order valence-electron chi connectivity index (χ1n) is 8.91. The molecular formula is C18H15N5O4S. The number of rotatable bonds is 5. The summed E-state index contributed by atoms with van der Waals surface area (Å²) < 4.78 is 5.42. The number of hydrogen-bond acceptors (Lipinski definition) is 8. The van der Waals surface area contributed by atoms with Gasteiger partial charge in [0.2, 0.25) is 10.6 Å². The number of carbonyl (C=O) groups is 2. The Morgan fingerprint density at radius 3 is 2.64 bits per heavy atom. The Morgan fingerprint density at radius 1 is 1.21 bits per heavy atom. The molecule has 0 radical (unpaired) electrons. The van der Waals surface area contributed by atoms with Gasteiger partial charge in [-0.2, -0.15) is 4.37 Å². The van der Waals surface area contributed by atoms with Crippen LogP contribution in [0.5, 0.6) is 0 Å². The van der Waals surface area contributed by atoms with Crippen molar-refractivity contribution in [1.29, 1.82) is 0 Å². The van der Waals surface area contributed by atoms with Gasteiger partial charge in [-0.25, -0.2) is 14.8 Å². The molecule has 28 heavy (non-hydrogen) atoms. The lowest BCUT2D eigenvalue weighted by atomic mass is 9.95. The molecule has 3 aromatic rings. The van der Waals surface area contributed by atoms with Gasteiger partial charge in [0.05, 0.1) is 11.4 Å². The zero-order chi connectivity index (χ0) is 19.4. The smallest absolute Gasteiger partial charge is 0.341 e. The second-order valence-corrected chi connectivity index (χ2v) is 7.74. The van der Waals surface area contributed by atoms with Gasteiger partial charge < -0.3 is 10.0 Å². The number of nitrogens with zero attached hydrogens (tertiary/aromatic N) is 5. The van der Waals surface area contributed by atoms with Gasteiger partial charge in [0.15, 0.2) is 11.4 Å². The Morgan fingerprint density at radius 2 is 2.04 bits per heavy atom. The second-order valence-electron chi connectivity index (χ2n) is 6.99. The van der Waals surface area contributed by atoms with Gasteiger partial charge in [-0.05, 0) is 31.4 Å². The van der Waals surface area contributed by atoms with Crippen LogP contribution in [0.2, 0.25) is 0 Å². The van der Waals surface area contributed by atoms with Crippen molar-refractivity contribution in [1.82, 2.24) is 18.9 Å². The minimum absolute atomic E-state index is 0.169. The van der Waals surface area contributed by atoms with E-state index >= 15 is 0 Å². The van der Waals surface area contributed by atoms with E-state index in [1.54, 1.807) is 12.1 Å². The Labute approximate surface area is 162 Å². The molecule has 1 aliphatic carbocycles. The highest BCUT2D eigenvalue weighted by Crippen LogP contribution is 2.36. The highest BCUT2D eigenvalue weighted by molar-refractivity contribution is 7.08. The highest BCUT2D eigenvalue weighted by atomic mass is 32.1. The first-order chi connectivity index (χ1) is 13.5. The summed E-state index contributed by atoms with van der Waals surface area (Å²) in [6.07, 6.45) is 5.31. The van der Waals surface area contributed by atoms with Crippen LogP contribution in [-0.4, -0.2) is 48.4 Å². The molecule has 0 bridgehead atoms. The van der Waals surface area contributed by atoms with Crippen molar-refractivity contribution in [2.45, 2.75) is 25.3 Å². The average Bonchev–Trinajstić information content (AvgIpc) is 3.36. The zero-order valence-corrected chi connectivity index (χ0v) is 15.4. The predicted octanol–water partition coefficient (Wildman–Crippen LogP) is 1.49. The van der Waals surface area contributed by atoms with E-state index in [0.717, 1.165) is 37.3 Å². The molecular weight excluding hydrogens is 382 g/mol. The second kappa shape index (κ2) is 6.20. The summed E-state index contributed by atoms with van der Waals surface area (Å²) in [6.45, 7) is 0.720. The lowest BCUT2D eigenvalue weighted by Crippen LogP contribution is -2.53. The lowest BCUT2D eigenvalue weighted by Gasteiger charge is -2.41. The lowest BCUT2D eigenvalue weighted by molar-refractivity contribution is -0.122. The van der Waals surface area contributed by atoms with E-state index in [9.17, 15) is 19.5 Å². The maximum Gasteiger partial charge on any atom is 0.341 e. The molecule has 5 rings (SSSR count). The molecule has 0 amide bonds. The molecule has 0 aromatic carbocycles. The van der Waals surface area contributed by atoms with Crippen LogP contribution in [0.25, 0.3) is 16.2 Å². The van der Waals surface area contributed by atoms with E-state index in [1.807, 2.05) is 4.90 Å². The summed E-state index contributed by atoms with van der Waals surface area (Å²) >= 11 is 1.07. The zero-order valence-electron chi connectivity index (χ0n) is 14.6. The van der Waals surface area contributed by atoms with Gasteiger partial charge in [0.25, 0.3) is 0 Å². The van der Waals surface area contributed by atoms with Crippen LogP contribution in [-0.2, 0) is 4.79 Å². The predicted molar refractivity (Wildman–Crippen MR) is 101 cm³/mol. The molecule has 1 atom stereocenters. The molecule has 2 fully saturated rings. The maximum absolute atomic E-state index is 12.6. The van der Waals surface area contributed by atoms with Gasteiger partial charge in [-0.3, -0.25) is 14.2 Å². The number of pyridine rings is 2. The molecule has 10 heteroatoms. The number of aromatic nitrogens is 4. The van der Waals surface area contributed by atoms with Gasteiger partial charge in [-0.15, -0.1) is 0 Å². The Bertz CT molecular complexity index is 1170. The number of anilines is 1. The van der Waals surface area contributed by atoms with Crippen molar-refractivity contribution in [3.05, 3.63) is 40.4 Å². The van der Waals surface area contributed by atoms with E-state index < -0.39 is 11.4 Å². The monoisotopic (exact) mass is 397 g/mol. The molecule has 0 spiro atoms. The van der Waals surface area contributed by atoms with Crippen LogP contribution in [0, 0.1) is 5.92 Å². The van der Waals surface area contributed by atoms with Crippen LogP contribution in [0.4, 0.5) is 5.82 Å². The van der Waals surface area contributed by atoms with Gasteiger partial charge >= 0.3 is 5.97 Å². The van der Waals surface area contributed by atoms with Crippen LogP contribution in [0.3, 0.4) is 0 Å². The van der Waals surface area contributed by atoms with E-state index in [-0.39, 0.29) is 28.7 Å². The van der Waals surface area contributed by atoms with Crippen molar-refractivity contribution in [3.8, 4) is 5.13 Å². The van der Waals surface area contributed by atoms with Crippen molar-refractivity contribution >= 4 is 40.1 Å². The normalized spacial score (nSPS) is 18.9. The van der Waals surface area contributed by atoms with E-state index in [2.05, 4.69) is 14.3 Å². The van der Waals surface area contributed by atoms with E-state index in [4.69, 9.17) is 0 Å². The standard InChI is InChI=1S/C18H15N5O4S/c24-14(9-1-2-9)12-5-6-22(12)13-4-3-10-15(25)11(17(26)27)7-23(16(10)21-13)18-19-8-20-28-18/h3-4,7-9,12H,1-2,5-6H2,(H,26,27). The number of carbonyl (C=O) groups excluding carboxylic acids is 1. The minimum Gasteiger partial charge on any atom is -0.477 e. The number of hydrogen-bond donors (Lipinski definition) is 1. The Balaban J connectivity index is 1.65. The summed E-state index contributed by atoms with van der Waals surface area (Å²) in [4.78, 5) is 47.2. The quantitative estimate of drug-likeness (QED) is 0.688. The van der Waals surface area contributed by atoms with Crippen molar-refractivity contribution < 1.29 is 14.7 Å². The first kappa shape index (κ1) is 17.0. The molecule has 4 heterocycles. The Kier molecular flexibility index (Phi) is 3.76. The van der Waals surface area contributed by atoms with Crippen molar-refractivity contribution in [2.24, 2.45) is 5.92 Å². The molecule has 1 N–H and O–H groups in total. The summed E-state index contributed by atoms with van der Waals surface area (Å²) in [5.41, 5.74) is -0.659. The molecule has 1 saturated carbocycles. The third-order valence-electron chi connectivity index (χ3n) is 5.24. The number of Topliss-reactive ketones (excluding diaryl/α,β-unsaturated/α-hetero) is 1. The molecule has 1 aliphatic heterocycles. The Hall–Kier alpha value is -3.14. The fourth-order valence-electron chi connectivity index (χ4n) is 3.52. The van der Waals surface area contributed by atoms with Crippen LogP contribution >= 0.6 is 11.5 Å². The fraction of sp³-hybridized carbons (Fsp3) is 0.333. The topological polar surface area (TPSA) is 118 Å². The van der Waals surface area contributed by atoms with Gasteiger partial charge in [0, 0.05) is 30.2 Å². The minimum atomic E-state index is -1.31. The average molecular weight is 397 g/mol.